The second kappa shape index (κ2) is 4.77. The molecule has 0 amide bonds. The standard InChI is InChI=1S/C10H11ClF2O2/c1-15-7-2-3-8(9(11)6-7)10(12,13)4-5-14/h2-3,6,14H,4-5H2,1H3. The number of aliphatic hydroxyl groups is 1. The van der Waals surface area contributed by atoms with Crippen LogP contribution in [0.1, 0.15) is 12.0 Å². The van der Waals surface area contributed by atoms with E-state index in [1.165, 1.54) is 25.3 Å². The molecule has 15 heavy (non-hydrogen) atoms. The maximum atomic E-state index is 13.4. The predicted molar refractivity (Wildman–Crippen MR) is 53.6 cm³/mol. The number of hydrogen-bond acceptors (Lipinski definition) is 2. The highest BCUT2D eigenvalue weighted by molar-refractivity contribution is 6.31. The summed E-state index contributed by atoms with van der Waals surface area (Å²) in [5.41, 5.74) is -0.293. The molecule has 0 fully saturated rings. The van der Waals surface area contributed by atoms with Crippen molar-refractivity contribution in [2.75, 3.05) is 13.7 Å². The van der Waals surface area contributed by atoms with Gasteiger partial charge in [0.05, 0.1) is 12.1 Å². The first-order valence-corrected chi connectivity index (χ1v) is 4.72. The van der Waals surface area contributed by atoms with Crippen molar-refractivity contribution in [3.63, 3.8) is 0 Å². The maximum Gasteiger partial charge on any atom is 0.276 e. The monoisotopic (exact) mass is 236 g/mol. The molecule has 1 aromatic rings. The Bertz CT molecular complexity index is 342. The van der Waals surface area contributed by atoms with Crippen molar-refractivity contribution >= 4 is 11.6 Å². The van der Waals surface area contributed by atoms with Crippen LogP contribution in [0.15, 0.2) is 18.2 Å². The summed E-state index contributed by atoms with van der Waals surface area (Å²) in [5.74, 6) is -2.69. The maximum absolute atomic E-state index is 13.4. The summed E-state index contributed by atoms with van der Waals surface area (Å²) in [6.45, 7) is -0.588. The number of hydrogen-bond donors (Lipinski definition) is 1. The van der Waals surface area contributed by atoms with Crippen molar-refractivity contribution in [3.8, 4) is 5.75 Å². The Kier molecular flexibility index (Phi) is 3.88. The van der Waals surface area contributed by atoms with Crippen molar-refractivity contribution in [3.05, 3.63) is 28.8 Å². The van der Waals surface area contributed by atoms with Gasteiger partial charge >= 0.3 is 0 Å². The zero-order chi connectivity index (χ0) is 11.5. The minimum Gasteiger partial charge on any atom is -0.497 e. The first-order chi connectivity index (χ1) is 7.01. The molecule has 0 atom stereocenters. The predicted octanol–water partition coefficient (Wildman–Crippen LogP) is 2.82. The van der Waals surface area contributed by atoms with Gasteiger partial charge in [-0.15, -0.1) is 0 Å². The molecule has 0 saturated heterocycles. The quantitative estimate of drug-likeness (QED) is 0.871. The molecule has 0 aliphatic rings. The summed E-state index contributed by atoms with van der Waals surface area (Å²) >= 11 is 5.69. The van der Waals surface area contributed by atoms with Gasteiger partial charge in [0.25, 0.3) is 5.92 Å². The average Bonchev–Trinajstić information content (AvgIpc) is 2.17. The summed E-state index contributed by atoms with van der Waals surface area (Å²) in [5, 5.41) is 8.44. The fourth-order valence-corrected chi connectivity index (χ4v) is 1.50. The summed E-state index contributed by atoms with van der Waals surface area (Å²) in [7, 11) is 1.43. The van der Waals surface area contributed by atoms with Crippen LogP contribution in [-0.2, 0) is 5.92 Å². The third-order valence-corrected chi connectivity index (χ3v) is 2.31. The van der Waals surface area contributed by atoms with E-state index in [-0.39, 0.29) is 10.6 Å². The van der Waals surface area contributed by atoms with Gasteiger partial charge in [-0.1, -0.05) is 11.6 Å². The highest BCUT2D eigenvalue weighted by Crippen LogP contribution is 2.37. The number of aliphatic hydroxyl groups excluding tert-OH is 1. The van der Waals surface area contributed by atoms with Crippen LogP contribution in [0.25, 0.3) is 0 Å². The molecule has 0 saturated carbocycles. The van der Waals surface area contributed by atoms with Crippen LogP contribution in [-0.4, -0.2) is 18.8 Å². The van der Waals surface area contributed by atoms with Crippen LogP contribution in [0.2, 0.25) is 5.02 Å². The molecule has 0 unspecified atom stereocenters. The van der Waals surface area contributed by atoms with E-state index in [2.05, 4.69) is 0 Å². The Hall–Kier alpha value is -0.870. The lowest BCUT2D eigenvalue weighted by atomic mass is 10.1. The van der Waals surface area contributed by atoms with Crippen molar-refractivity contribution in [2.24, 2.45) is 0 Å². The fourth-order valence-electron chi connectivity index (χ4n) is 1.19. The summed E-state index contributed by atoms with van der Waals surface area (Å²) < 4.78 is 31.6. The number of halogens is 3. The Morgan fingerprint density at radius 3 is 2.60 bits per heavy atom. The van der Waals surface area contributed by atoms with Gasteiger partial charge in [-0.25, -0.2) is 8.78 Å². The third kappa shape index (κ3) is 2.79. The van der Waals surface area contributed by atoms with Gasteiger partial charge in [-0.3, -0.25) is 0 Å². The Labute approximate surface area is 91.4 Å². The Morgan fingerprint density at radius 1 is 1.47 bits per heavy atom. The largest absolute Gasteiger partial charge is 0.497 e. The molecule has 84 valence electrons. The zero-order valence-electron chi connectivity index (χ0n) is 8.14. The van der Waals surface area contributed by atoms with Gasteiger partial charge in [-0.05, 0) is 18.2 Å². The second-order valence-corrected chi connectivity index (χ2v) is 3.43. The molecule has 0 aliphatic heterocycles. The highest BCUT2D eigenvalue weighted by atomic mass is 35.5. The number of benzene rings is 1. The molecule has 0 bridgehead atoms. The van der Waals surface area contributed by atoms with E-state index < -0.39 is 19.0 Å². The summed E-state index contributed by atoms with van der Waals surface area (Å²) in [4.78, 5) is 0. The molecule has 2 nitrogen and oxygen atoms in total. The van der Waals surface area contributed by atoms with Gasteiger partial charge < -0.3 is 9.84 Å². The molecule has 0 aromatic heterocycles. The lowest BCUT2D eigenvalue weighted by molar-refractivity contribution is -0.0268. The third-order valence-electron chi connectivity index (χ3n) is 2.00. The van der Waals surface area contributed by atoms with Crippen LogP contribution in [0, 0.1) is 0 Å². The summed E-state index contributed by atoms with van der Waals surface area (Å²) in [6.07, 6.45) is -0.640. The summed E-state index contributed by atoms with van der Waals surface area (Å²) in [6, 6.07) is 3.94. The van der Waals surface area contributed by atoms with E-state index in [0.717, 1.165) is 0 Å². The molecule has 1 N–H and O–H groups in total. The molecule has 0 radical (unpaired) electrons. The molecule has 0 heterocycles. The number of alkyl halides is 2. The number of ether oxygens (including phenoxy) is 1. The lowest BCUT2D eigenvalue weighted by Gasteiger charge is -2.17. The normalized spacial score (nSPS) is 11.5. The fraction of sp³-hybridized carbons (Fsp3) is 0.400. The molecular formula is C10H11ClF2O2. The smallest absolute Gasteiger partial charge is 0.276 e. The zero-order valence-corrected chi connectivity index (χ0v) is 8.89. The molecule has 0 aliphatic carbocycles. The minimum absolute atomic E-state index is 0.0622. The van der Waals surface area contributed by atoms with E-state index in [4.69, 9.17) is 21.4 Å². The van der Waals surface area contributed by atoms with E-state index in [9.17, 15) is 8.78 Å². The van der Waals surface area contributed by atoms with Gasteiger partial charge in [0, 0.05) is 18.6 Å². The first-order valence-electron chi connectivity index (χ1n) is 4.34. The topological polar surface area (TPSA) is 29.5 Å². The highest BCUT2D eigenvalue weighted by Gasteiger charge is 2.33. The van der Waals surface area contributed by atoms with E-state index in [1.807, 2.05) is 0 Å². The van der Waals surface area contributed by atoms with Crippen LogP contribution in [0.3, 0.4) is 0 Å². The second-order valence-electron chi connectivity index (χ2n) is 3.02. The minimum atomic E-state index is -3.11. The number of methoxy groups -OCH3 is 1. The van der Waals surface area contributed by atoms with Crippen molar-refractivity contribution in [2.45, 2.75) is 12.3 Å². The van der Waals surface area contributed by atoms with E-state index in [1.54, 1.807) is 0 Å². The van der Waals surface area contributed by atoms with Crippen molar-refractivity contribution in [1.82, 2.24) is 0 Å². The van der Waals surface area contributed by atoms with Crippen LogP contribution in [0.4, 0.5) is 8.78 Å². The Balaban J connectivity index is 3.04. The SMILES string of the molecule is COc1ccc(C(F)(F)CCO)c(Cl)c1. The van der Waals surface area contributed by atoms with Crippen molar-refractivity contribution in [1.29, 1.82) is 0 Å². The van der Waals surface area contributed by atoms with Crippen LogP contribution < -0.4 is 4.74 Å². The first kappa shape index (κ1) is 12.2. The molecular weight excluding hydrogens is 226 g/mol. The van der Waals surface area contributed by atoms with E-state index >= 15 is 0 Å². The van der Waals surface area contributed by atoms with E-state index in [0.29, 0.717) is 5.75 Å². The van der Waals surface area contributed by atoms with Gasteiger partial charge in [-0.2, -0.15) is 0 Å². The molecule has 1 aromatic carbocycles. The lowest BCUT2D eigenvalue weighted by Crippen LogP contribution is -2.15. The van der Waals surface area contributed by atoms with Crippen LogP contribution in [0.5, 0.6) is 5.75 Å². The van der Waals surface area contributed by atoms with Gasteiger partial charge in [0.15, 0.2) is 0 Å². The van der Waals surface area contributed by atoms with Crippen molar-refractivity contribution < 1.29 is 18.6 Å². The van der Waals surface area contributed by atoms with Gasteiger partial charge in [0.2, 0.25) is 0 Å². The Morgan fingerprint density at radius 2 is 2.13 bits per heavy atom. The molecule has 1 rings (SSSR count). The molecule has 0 spiro atoms. The average molecular weight is 237 g/mol. The van der Waals surface area contributed by atoms with Gasteiger partial charge in [0.1, 0.15) is 5.75 Å². The number of rotatable bonds is 4. The molecule has 5 heteroatoms. The van der Waals surface area contributed by atoms with Crippen LogP contribution >= 0.6 is 11.6 Å².